The lowest BCUT2D eigenvalue weighted by Gasteiger charge is -2.42. The number of pyridine rings is 1. The van der Waals surface area contributed by atoms with E-state index in [2.05, 4.69) is 4.98 Å². The number of rotatable bonds is 3. The minimum absolute atomic E-state index is 0.100. The Balaban J connectivity index is 2.37. The summed E-state index contributed by atoms with van der Waals surface area (Å²) in [4.78, 5) is 3.67. The molecule has 1 heterocycles. The smallest absolute Gasteiger partial charge is 0.216 e. The molecule has 1 aromatic heterocycles. The quantitative estimate of drug-likeness (QED) is 0.808. The summed E-state index contributed by atoms with van der Waals surface area (Å²) >= 11 is 5.84. The van der Waals surface area contributed by atoms with E-state index < -0.39 is 5.95 Å². The number of hydrogen-bond acceptors (Lipinski definition) is 2. The van der Waals surface area contributed by atoms with Crippen LogP contribution in [0.25, 0.3) is 0 Å². The molecule has 2 nitrogen and oxygen atoms in total. The monoisotopic (exact) mass is 228 g/mol. The third kappa shape index (κ3) is 1.86. The van der Waals surface area contributed by atoms with Gasteiger partial charge in [-0.15, -0.1) is 0 Å². The first-order valence-corrected chi connectivity index (χ1v) is 5.57. The lowest BCUT2D eigenvalue weighted by atomic mass is 9.63. The predicted molar refractivity (Wildman–Crippen MR) is 58.4 cm³/mol. The van der Waals surface area contributed by atoms with Gasteiger partial charge in [-0.25, -0.2) is 4.98 Å². The summed E-state index contributed by atoms with van der Waals surface area (Å²) in [7, 11) is 0. The molecule has 0 amide bonds. The molecule has 0 spiro atoms. The predicted octanol–water partition coefficient (Wildman–Crippen LogP) is 2.64. The highest BCUT2D eigenvalue weighted by Crippen LogP contribution is 2.47. The van der Waals surface area contributed by atoms with Gasteiger partial charge in [0.05, 0.1) is 5.02 Å². The second-order valence-corrected chi connectivity index (χ2v) is 4.60. The molecule has 0 aromatic carbocycles. The summed E-state index contributed by atoms with van der Waals surface area (Å²) in [5.41, 5.74) is 6.12. The van der Waals surface area contributed by atoms with Crippen molar-refractivity contribution in [3.05, 3.63) is 28.8 Å². The van der Waals surface area contributed by atoms with Crippen LogP contribution in [0.1, 0.15) is 31.2 Å². The maximum atomic E-state index is 13.6. The lowest BCUT2D eigenvalue weighted by molar-refractivity contribution is 0.220. The molecule has 0 unspecified atom stereocenters. The minimum atomic E-state index is -0.396. The van der Waals surface area contributed by atoms with Gasteiger partial charge in [-0.1, -0.05) is 18.0 Å². The molecule has 15 heavy (non-hydrogen) atoms. The topological polar surface area (TPSA) is 38.9 Å². The van der Waals surface area contributed by atoms with Crippen LogP contribution in [0.4, 0.5) is 4.39 Å². The van der Waals surface area contributed by atoms with Gasteiger partial charge in [-0.3, -0.25) is 0 Å². The second-order valence-electron chi connectivity index (χ2n) is 4.16. The first-order valence-electron chi connectivity index (χ1n) is 5.19. The van der Waals surface area contributed by atoms with E-state index in [1.54, 1.807) is 6.07 Å². The van der Waals surface area contributed by atoms with Gasteiger partial charge in [0.1, 0.15) is 0 Å². The molecule has 0 saturated heterocycles. The van der Waals surface area contributed by atoms with Gasteiger partial charge in [-0.2, -0.15) is 4.39 Å². The van der Waals surface area contributed by atoms with Crippen LogP contribution in [0, 0.1) is 5.95 Å². The highest BCUT2D eigenvalue weighted by molar-refractivity contribution is 6.30. The van der Waals surface area contributed by atoms with Crippen LogP contribution in [-0.4, -0.2) is 11.5 Å². The Morgan fingerprint density at radius 2 is 2.27 bits per heavy atom. The fourth-order valence-corrected chi connectivity index (χ4v) is 2.49. The molecule has 0 radical (unpaired) electrons. The Labute approximate surface area is 93.6 Å². The summed E-state index contributed by atoms with van der Waals surface area (Å²) in [6.07, 6.45) is 5.26. The van der Waals surface area contributed by atoms with E-state index in [0.717, 1.165) is 25.7 Å². The van der Waals surface area contributed by atoms with Crippen molar-refractivity contribution in [1.29, 1.82) is 0 Å². The van der Waals surface area contributed by atoms with E-state index in [1.165, 1.54) is 6.20 Å². The van der Waals surface area contributed by atoms with Crippen molar-refractivity contribution in [3.63, 3.8) is 0 Å². The maximum Gasteiger partial charge on any atom is 0.216 e. The Morgan fingerprint density at radius 3 is 2.80 bits per heavy atom. The Kier molecular flexibility index (Phi) is 2.94. The molecule has 1 aromatic rings. The third-order valence-electron chi connectivity index (χ3n) is 3.31. The van der Waals surface area contributed by atoms with Crippen LogP contribution < -0.4 is 5.73 Å². The number of halogens is 2. The van der Waals surface area contributed by atoms with Crippen LogP contribution in [0.2, 0.25) is 5.02 Å². The van der Waals surface area contributed by atoms with Crippen molar-refractivity contribution >= 4 is 11.6 Å². The van der Waals surface area contributed by atoms with Gasteiger partial charge in [0.25, 0.3) is 0 Å². The molecular weight excluding hydrogens is 215 g/mol. The average Bonchev–Trinajstić information content (AvgIpc) is 2.16. The van der Waals surface area contributed by atoms with Crippen molar-refractivity contribution in [3.8, 4) is 0 Å². The van der Waals surface area contributed by atoms with Crippen LogP contribution in [-0.2, 0) is 5.41 Å². The zero-order valence-electron chi connectivity index (χ0n) is 8.47. The second kappa shape index (κ2) is 4.06. The summed E-state index contributed by atoms with van der Waals surface area (Å²) in [6.45, 7) is 0.575. The third-order valence-corrected chi connectivity index (χ3v) is 3.52. The number of nitrogens with zero attached hydrogens (tertiary/aromatic N) is 1. The zero-order valence-corrected chi connectivity index (χ0v) is 9.23. The average molecular weight is 229 g/mol. The van der Waals surface area contributed by atoms with Crippen LogP contribution in [0.15, 0.2) is 12.3 Å². The van der Waals surface area contributed by atoms with Crippen molar-refractivity contribution < 1.29 is 4.39 Å². The van der Waals surface area contributed by atoms with Gasteiger partial charge < -0.3 is 5.73 Å². The van der Waals surface area contributed by atoms with Crippen LogP contribution >= 0.6 is 11.6 Å². The van der Waals surface area contributed by atoms with Gasteiger partial charge in [0.2, 0.25) is 5.95 Å². The first kappa shape index (κ1) is 10.8. The first-order chi connectivity index (χ1) is 7.18. The fourth-order valence-electron chi connectivity index (χ4n) is 2.33. The van der Waals surface area contributed by atoms with E-state index >= 15 is 0 Å². The van der Waals surface area contributed by atoms with Crippen molar-refractivity contribution in [2.75, 3.05) is 6.54 Å². The molecular formula is C11H14ClFN2. The van der Waals surface area contributed by atoms with Gasteiger partial charge in [0, 0.05) is 17.2 Å². The molecule has 0 atom stereocenters. The Bertz CT molecular complexity index is 364. The molecule has 1 saturated carbocycles. The highest BCUT2D eigenvalue weighted by Gasteiger charge is 2.40. The van der Waals surface area contributed by atoms with Gasteiger partial charge in [-0.05, 0) is 31.9 Å². The van der Waals surface area contributed by atoms with Crippen molar-refractivity contribution in [1.82, 2.24) is 4.98 Å². The summed E-state index contributed by atoms with van der Waals surface area (Å²) in [6, 6.07) is 1.69. The lowest BCUT2D eigenvalue weighted by Crippen LogP contribution is -2.37. The van der Waals surface area contributed by atoms with Gasteiger partial charge >= 0.3 is 0 Å². The number of hydrogen-bond donors (Lipinski definition) is 1. The standard InChI is InChI=1S/C11H14ClFN2/c12-8-6-9(10(13)15-7-8)11(4-5-14)2-1-3-11/h6-7H,1-5,14H2. The van der Waals surface area contributed by atoms with E-state index in [0.29, 0.717) is 17.1 Å². The van der Waals surface area contributed by atoms with Crippen molar-refractivity contribution in [2.24, 2.45) is 5.73 Å². The summed E-state index contributed by atoms with van der Waals surface area (Å²) in [5.74, 6) is -0.396. The summed E-state index contributed by atoms with van der Waals surface area (Å²) in [5, 5.41) is 0.495. The van der Waals surface area contributed by atoms with Gasteiger partial charge in [0.15, 0.2) is 0 Å². The molecule has 2 rings (SSSR count). The summed E-state index contributed by atoms with van der Waals surface area (Å²) < 4.78 is 13.6. The molecule has 1 aliphatic carbocycles. The highest BCUT2D eigenvalue weighted by atomic mass is 35.5. The molecule has 4 heteroatoms. The molecule has 2 N–H and O–H groups in total. The van der Waals surface area contributed by atoms with E-state index in [4.69, 9.17) is 17.3 Å². The molecule has 1 fully saturated rings. The van der Waals surface area contributed by atoms with Crippen LogP contribution in [0.5, 0.6) is 0 Å². The Hall–Kier alpha value is -0.670. The maximum absolute atomic E-state index is 13.6. The van der Waals surface area contributed by atoms with Crippen LogP contribution in [0.3, 0.4) is 0 Å². The number of nitrogens with two attached hydrogens (primary N) is 1. The fraction of sp³-hybridized carbons (Fsp3) is 0.545. The minimum Gasteiger partial charge on any atom is -0.330 e. The normalized spacial score (nSPS) is 18.6. The van der Waals surface area contributed by atoms with Crippen molar-refractivity contribution in [2.45, 2.75) is 31.1 Å². The molecule has 82 valence electrons. The van der Waals surface area contributed by atoms with E-state index in [9.17, 15) is 4.39 Å². The molecule has 0 aliphatic heterocycles. The molecule has 0 bridgehead atoms. The Morgan fingerprint density at radius 1 is 1.53 bits per heavy atom. The van der Waals surface area contributed by atoms with E-state index in [1.807, 2.05) is 0 Å². The largest absolute Gasteiger partial charge is 0.330 e. The number of aromatic nitrogens is 1. The molecule has 1 aliphatic rings. The zero-order chi connectivity index (χ0) is 10.9. The van der Waals surface area contributed by atoms with E-state index in [-0.39, 0.29) is 5.41 Å². The SMILES string of the molecule is NCCC1(c2cc(Cl)cnc2F)CCC1.